The fraction of sp³-hybridized carbons (Fsp3) is 0.333. The molecule has 0 saturated carbocycles. The molecule has 9 nitrogen and oxygen atoms in total. The zero-order valence-electron chi connectivity index (χ0n) is 16.1. The number of amides is 1. The largest absolute Gasteiger partial charge is 0.497 e. The van der Waals surface area contributed by atoms with E-state index >= 15 is 0 Å². The summed E-state index contributed by atoms with van der Waals surface area (Å²) < 4.78 is 37.3. The maximum absolute atomic E-state index is 12.7. The van der Waals surface area contributed by atoms with E-state index in [2.05, 4.69) is 10.1 Å². The highest BCUT2D eigenvalue weighted by Crippen LogP contribution is 2.18. The Balaban J connectivity index is 2.03. The summed E-state index contributed by atoms with van der Waals surface area (Å²) in [5.74, 6) is -0.447. The number of rotatable bonds is 8. The molecule has 0 fully saturated rings. The highest BCUT2D eigenvalue weighted by Gasteiger charge is 2.26. The van der Waals surface area contributed by atoms with Gasteiger partial charge in [-0.3, -0.25) is 4.79 Å². The van der Waals surface area contributed by atoms with Crippen molar-refractivity contribution in [3.63, 3.8) is 0 Å². The molecule has 0 saturated heterocycles. The third-order valence-corrected chi connectivity index (χ3v) is 5.84. The summed E-state index contributed by atoms with van der Waals surface area (Å²) in [6, 6.07) is 8.39. The Bertz CT molecular complexity index is 967. The molecule has 0 aliphatic carbocycles. The third-order valence-electron chi connectivity index (χ3n) is 4.07. The van der Waals surface area contributed by atoms with Gasteiger partial charge < -0.3 is 19.4 Å². The molecule has 1 amide bonds. The first-order valence-corrected chi connectivity index (χ1v) is 9.73. The molecule has 0 aliphatic heterocycles. The minimum atomic E-state index is -3.95. The van der Waals surface area contributed by atoms with E-state index < -0.39 is 21.9 Å². The molecule has 1 aromatic carbocycles. The number of benzene rings is 1. The number of aromatic nitrogens is 1. The lowest BCUT2D eigenvalue weighted by molar-refractivity contribution is -0.121. The maximum atomic E-state index is 12.7. The second-order valence-corrected chi connectivity index (χ2v) is 8.10. The predicted molar refractivity (Wildman–Crippen MR) is 101 cm³/mol. The molecule has 0 aliphatic rings. The SMILES string of the molecule is COC(=O)c1cc(S(=O)(=O)N(C)CC(=O)NCc2cccc(OC)c2)cn1C. The molecule has 2 aromatic rings. The number of nitrogens with one attached hydrogen (secondary N) is 1. The summed E-state index contributed by atoms with van der Waals surface area (Å²) in [6.07, 6.45) is 1.30. The van der Waals surface area contributed by atoms with Crippen molar-refractivity contribution in [2.45, 2.75) is 11.4 Å². The molecule has 1 N–H and O–H groups in total. The number of sulfonamides is 1. The van der Waals surface area contributed by atoms with Crippen LogP contribution in [0.25, 0.3) is 0 Å². The van der Waals surface area contributed by atoms with Gasteiger partial charge in [0, 0.05) is 26.8 Å². The van der Waals surface area contributed by atoms with Crippen LogP contribution >= 0.6 is 0 Å². The lowest BCUT2D eigenvalue weighted by atomic mass is 10.2. The molecule has 152 valence electrons. The Morgan fingerprint density at radius 3 is 2.57 bits per heavy atom. The highest BCUT2D eigenvalue weighted by molar-refractivity contribution is 7.89. The number of likely N-dealkylation sites (N-methyl/N-ethyl adjacent to an activating group) is 1. The fourth-order valence-electron chi connectivity index (χ4n) is 2.49. The second kappa shape index (κ2) is 8.89. The lowest BCUT2D eigenvalue weighted by Gasteiger charge is -2.16. The first kappa shape index (κ1) is 21.5. The molecule has 0 atom stereocenters. The third kappa shape index (κ3) is 4.90. The van der Waals surface area contributed by atoms with Crippen LogP contribution in [0.2, 0.25) is 0 Å². The van der Waals surface area contributed by atoms with Crippen molar-refractivity contribution in [1.29, 1.82) is 0 Å². The molecular formula is C18H23N3O6S. The molecule has 1 heterocycles. The van der Waals surface area contributed by atoms with E-state index in [4.69, 9.17) is 4.74 Å². The maximum Gasteiger partial charge on any atom is 0.354 e. The van der Waals surface area contributed by atoms with E-state index in [9.17, 15) is 18.0 Å². The average molecular weight is 409 g/mol. The fourth-order valence-corrected chi connectivity index (χ4v) is 3.69. The molecule has 0 spiro atoms. The van der Waals surface area contributed by atoms with Gasteiger partial charge in [0.1, 0.15) is 16.3 Å². The van der Waals surface area contributed by atoms with Gasteiger partial charge >= 0.3 is 5.97 Å². The summed E-state index contributed by atoms with van der Waals surface area (Å²) in [4.78, 5) is 23.7. The smallest absolute Gasteiger partial charge is 0.354 e. The van der Waals surface area contributed by atoms with Crippen LogP contribution in [0.1, 0.15) is 16.1 Å². The quantitative estimate of drug-likeness (QED) is 0.645. The number of aryl methyl sites for hydroxylation is 1. The van der Waals surface area contributed by atoms with E-state index in [0.717, 1.165) is 9.87 Å². The molecule has 2 rings (SSSR count). The van der Waals surface area contributed by atoms with Gasteiger partial charge in [-0.25, -0.2) is 13.2 Å². The summed E-state index contributed by atoms with van der Waals surface area (Å²) in [5, 5.41) is 2.67. The van der Waals surface area contributed by atoms with Gasteiger partial charge in [0.15, 0.2) is 0 Å². The number of esters is 1. The first-order valence-electron chi connectivity index (χ1n) is 8.29. The number of hydrogen-bond donors (Lipinski definition) is 1. The van der Waals surface area contributed by atoms with Crippen molar-refractivity contribution >= 4 is 21.9 Å². The number of nitrogens with zero attached hydrogens (tertiary/aromatic N) is 2. The standard InChI is InChI=1S/C18H23N3O6S/c1-20-11-15(9-16(20)18(23)27-4)28(24,25)21(2)12-17(22)19-10-13-6-5-7-14(8-13)26-3/h5-9,11H,10,12H2,1-4H3,(H,19,22). The second-order valence-electron chi connectivity index (χ2n) is 6.05. The van der Waals surface area contributed by atoms with Crippen molar-refractivity contribution < 1.29 is 27.5 Å². The van der Waals surface area contributed by atoms with Crippen LogP contribution < -0.4 is 10.1 Å². The Hall–Kier alpha value is -2.85. The zero-order chi connectivity index (χ0) is 20.9. The van der Waals surface area contributed by atoms with Gasteiger partial charge in [0.2, 0.25) is 15.9 Å². The van der Waals surface area contributed by atoms with Crippen molar-refractivity contribution in [2.75, 3.05) is 27.8 Å². The van der Waals surface area contributed by atoms with Crippen LogP contribution in [0.15, 0.2) is 41.4 Å². The molecule has 10 heteroatoms. The van der Waals surface area contributed by atoms with E-state index in [1.54, 1.807) is 25.3 Å². The minimum Gasteiger partial charge on any atom is -0.497 e. The summed E-state index contributed by atoms with van der Waals surface area (Å²) in [6.45, 7) is -0.128. The highest BCUT2D eigenvalue weighted by atomic mass is 32.2. The van der Waals surface area contributed by atoms with Crippen molar-refractivity contribution in [3.05, 3.63) is 47.8 Å². The molecule has 1 aromatic heterocycles. The Morgan fingerprint density at radius 1 is 1.21 bits per heavy atom. The lowest BCUT2D eigenvalue weighted by Crippen LogP contribution is -2.38. The van der Waals surface area contributed by atoms with Gasteiger partial charge in [-0.2, -0.15) is 4.31 Å². The van der Waals surface area contributed by atoms with Gasteiger partial charge in [-0.05, 0) is 23.8 Å². The normalized spacial score (nSPS) is 11.3. The average Bonchev–Trinajstić information content (AvgIpc) is 3.08. The molecular weight excluding hydrogens is 386 g/mol. The van der Waals surface area contributed by atoms with E-state index in [1.165, 1.54) is 38.0 Å². The van der Waals surface area contributed by atoms with Crippen LogP contribution in [0.5, 0.6) is 5.75 Å². The van der Waals surface area contributed by atoms with Gasteiger partial charge in [-0.1, -0.05) is 12.1 Å². The number of methoxy groups -OCH3 is 2. The molecule has 28 heavy (non-hydrogen) atoms. The molecule has 0 radical (unpaired) electrons. The van der Waals surface area contributed by atoms with Gasteiger partial charge in [0.05, 0.1) is 20.8 Å². The van der Waals surface area contributed by atoms with Crippen LogP contribution in [0, 0.1) is 0 Å². The van der Waals surface area contributed by atoms with Crippen LogP contribution in [-0.4, -0.2) is 57.0 Å². The summed E-state index contributed by atoms with van der Waals surface area (Å²) >= 11 is 0. The molecule has 0 bridgehead atoms. The van der Waals surface area contributed by atoms with E-state index in [0.29, 0.717) is 5.75 Å². The van der Waals surface area contributed by atoms with E-state index in [-0.39, 0.29) is 23.7 Å². The number of hydrogen-bond acceptors (Lipinski definition) is 6. The zero-order valence-corrected chi connectivity index (χ0v) is 16.9. The van der Waals surface area contributed by atoms with Gasteiger partial charge in [-0.15, -0.1) is 0 Å². The van der Waals surface area contributed by atoms with Gasteiger partial charge in [0.25, 0.3) is 0 Å². The number of carbonyl (C=O) groups excluding carboxylic acids is 2. The Morgan fingerprint density at radius 2 is 1.93 bits per heavy atom. The van der Waals surface area contributed by atoms with Crippen molar-refractivity contribution in [1.82, 2.24) is 14.2 Å². The van der Waals surface area contributed by atoms with Crippen molar-refractivity contribution in [2.24, 2.45) is 7.05 Å². The first-order chi connectivity index (χ1) is 13.2. The molecule has 0 unspecified atom stereocenters. The number of ether oxygens (including phenoxy) is 2. The Labute approximate surface area is 163 Å². The van der Waals surface area contributed by atoms with Crippen LogP contribution in [0.4, 0.5) is 0 Å². The van der Waals surface area contributed by atoms with E-state index in [1.807, 2.05) is 6.07 Å². The summed E-state index contributed by atoms with van der Waals surface area (Å²) in [5.41, 5.74) is 0.918. The summed E-state index contributed by atoms with van der Waals surface area (Å²) in [7, 11) is 1.64. The van der Waals surface area contributed by atoms with Crippen LogP contribution in [-0.2, 0) is 33.1 Å². The monoisotopic (exact) mass is 409 g/mol. The predicted octanol–water partition coefficient (Wildman–Crippen LogP) is 0.757. The topological polar surface area (TPSA) is 107 Å². The minimum absolute atomic E-state index is 0.0944. The van der Waals surface area contributed by atoms with Crippen LogP contribution in [0.3, 0.4) is 0 Å². The number of carbonyl (C=O) groups is 2. The van der Waals surface area contributed by atoms with Crippen molar-refractivity contribution in [3.8, 4) is 5.75 Å². The Kier molecular flexibility index (Phi) is 6.81.